The van der Waals surface area contributed by atoms with Crippen LogP contribution in [-0.2, 0) is 0 Å². The van der Waals surface area contributed by atoms with Crippen molar-refractivity contribution in [3.05, 3.63) is 24.8 Å². The zero-order chi connectivity index (χ0) is 18.9. The van der Waals surface area contributed by atoms with E-state index in [-0.39, 0.29) is 0 Å². The standard InChI is InChI=1S/C23H42N2O/c1-3-5-6-7-8-9-10-11-12-13-14-15-16-17-18-19-22-24-20-21-25(22)23(26)4-2/h4,18-19,23,26H,2-3,5-17,20-21H2,1H3. The lowest BCUT2D eigenvalue weighted by molar-refractivity contribution is 0.106. The normalized spacial score (nSPS) is 15.6. The summed E-state index contributed by atoms with van der Waals surface area (Å²) in [6, 6.07) is 0. The highest BCUT2D eigenvalue weighted by Crippen LogP contribution is 2.13. The van der Waals surface area contributed by atoms with E-state index in [1.807, 2.05) is 4.90 Å². The van der Waals surface area contributed by atoms with E-state index in [4.69, 9.17) is 0 Å². The molecule has 1 aliphatic rings. The molecule has 1 atom stereocenters. The smallest absolute Gasteiger partial charge is 0.147 e. The van der Waals surface area contributed by atoms with Gasteiger partial charge in [0.25, 0.3) is 0 Å². The largest absolute Gasteiger partial charge is 0.370 e. The molecule has 0 fully saturated rings. The number of rotatable bonds is 17. The average Bonchev–Trinajstić information content (AvgIpc) is 3.12. The van der Waals surface area contributed by atoms with Gasteiger partial charge in [0.1, 0.15) is 12.1 Å². The number of hydrogen-bond donors (Lipinski definition) is 1. The number of aliphatic hydroxyl groups is 1. The van der Waals surface area contributed by atoms with Crippen molar-refractivity contribution in [3.8, 4) is 0 Å². The highest BCUT2D eigenvalue weighted by molar-refractivity contribution is 5.94. The molecule has 0 radical (unpaired) electrons. The van der Waals surface area contributed by atoms with Crippen molar-refractivity contribution in [1.82, 2.24) is 4.90 Å². The molecule has 0 bridgehead atoms. The summed E-state index contributed by atoms with van der Waals surface area (Å²) in [4.78, 5) is 6.33. The maximum Gasteiger partial charge on any atom is 0.147 e. The second-order valence-electron chi connectivity index (χ2n) is 7.52. The molecule has 3 heteroatoms. The first-order valence-corrected chi connectivity index (χ1v) is 11.1. The number of unbranched alkanes of at least 4 members (excludes halogenated alkanes) is 13. The Morgan fingerprint density at radius 1 is 0.962 bits per heavy atom. The van der Waals surface area contributed by atoms with Crippen LogP contribution in [0.15, 0.2) is 29.8 Å². The number of aliphatic imine (C=N–C) groups is 1. The van der Waals surface area contributed by atoms with Gasteiger partial charge in [0, 0.05) is 6.54 Å². The lowest BCUT2D eigenvalue weighted by atomic mass is 10.0. The Balaban J connectivity index is 1.88. The topological polar surface area (TPSA) is 35.8 Å². The van der Waals surface area contributed by atoms with E-state index in [1.54, 1.807) is 6.08 Å². The summed E-state index contributed by atoms with van der Waals surface area (Å²) < 4.78 is 0. The Kier molecular flexibility index (Phi) is 14.2. The zero-order valence-electron chi connectivity index (χ0n) is 17.2. The number of nitrogens with zero attached hydrogens (tertiary/aromatic N) is 2. The molecule has 0 amide bonds. The lowest BCUT2D eigenvalue weighted by Crippen LogP contribution is -2.35. The summed E-state index contributed by atoms with van der Waals surface area (Å²) in [5.41, 5.74) is 0. The average molecular weight is 363 g/mol. The third-order valence-corrected chi connectivity index (χ3v) is 5.18. The fourth-order valence-corrected chi connectivity index (χ4v) is 3.49. The number of hydrogen-bond acceptors (Lipinski definition) is 3. The minimum Gasteiger partial charge on any atom is -0.370 e. The van der Waals surface area contributed by atoms with Crippen molar-refractivity contribution in [2.24, 2.45) is 4.99 Å². The van der Waals surface area contributed by atoms with Crippen LogP contribution >= 0.6 is 0 Å². The lowest BCUT2D eigenvalue weighted by Gasteiger charge is -2.22. The molecule has 1 aliphatic heterocycles. The Labute approximate surface area is 162 Å². The van der Waals surface area contributed by atoms with E-state index in [0.717, 1.165) is 25.3 Å². The number of allylic oxidation sites excluding steroid dienone is 1. The minimum atomic E-state index is -0.614. The van der Waals surface area contributed by atoms with Crippen LogP contribution in [0.25, 0.3) is 0 Å². The Morgan fingerprint density at radius 2 is 1.50 bits per heavy atom. The molecule has 0 aliphatic carbocycles. The van der Waals surface area contributed by atoms with Crippen LogP contribution in [0.3, 0.4) is 0 Å². The van der Waals surface area contributed by atoms with Crippen molar-refractivity contribution in [2.45, 2.75) is 103 Å². The van der Waals surface area contributed by atoms with Gasteiger partial charge in [0.05, 0.1) is 6.54 Å². The van der Waals surface area contributed by atoms with Crippen molar-refractivity contribution >= 4 is 5.84 Å². The van der Waals surface area contributed by atoms with Crippen molar-refractivity contribution in [3.63, 3.8) is 0 Å². The highest BCUT2D eigenvalue weighted by atomic mass is 16.3. The van der Waals surface area contributed by atoms with Crippen LogP contribution in [-0.4, -0.2) is 35.2 Å². The first-order valence-electron chi connectivity index (χ1n) is 11.1. The maximum absolute atomic E-state index is 9.85. The first kappa shape index (κ1) is 23.0. The van der Waals surface area contributed by atoms with Gasteiger partial charge in [0.15, 0.2) is 0 Å². The SMILES string of the molecule is C=CC(O)N1CCN=C1C=CCCCCCCCCCCCCCCC. The molecule has 0 saturated carbocycles. The van der Waals surface area contributed by atoms with E-state index < -0.39 is 6.23 Å². The predicted octanol–water partition coefficient (Wildman–Crippen LogP) is 6.24. The van der Waals surface area contributed by atoms with Gasteiger partial charge in [0.2, 0.25) is 0 Å². The molecule has 0 saturated heterocycles. The monoisotopic (exact) mass is 362 g/mol. The summed E-state index contributed by atoms with van der Waals surface area (Å²) in [5.74, 6) is 0.895. The number of aliphatic hydroxyl groups excluding tert-OH is 1. The van der Waals surface area contributed by atoms with Gasteiger partial charge in [-0.25, -0.2) is 0 Å². The molecule has 26 heavy (non-hydrogen) atoms. The molecule has 0 aromatic rings. The van der Waals surface area contributed by atoms with Gasteiger partial charge in [-0.15, -0.1) is 0 Å². The minimum absolute atomic E-state index is 0.614. The molecule has 1 rings (SSSR count). The molecule has 3 nitrogen and oxygen atoms in total. The van der Waals surface area contributed by atoms with Gasteiger partial charge in [-0.3, -0.25) is 4.99 Å². The van der Waals surface area contributed by atoms with Gasteiger partial charge in [-0.05, 0) is 25.0 Å². The van der Waals surface area contributed by atoms with Crippen LogP contribution in [0.2, 0.25) is 0 Å². The van der Waals surface area contributed by atoms with E-state index in [9.17, 15) is 5.11 Å². The van der Waals surface area contributed by atoms with E-state index in [2.05, 4.69) is 30.6 Å². The summed E-state index contributed by atoms with van der Waals surface area (Å²) in [7, 11) is 0. The molecule has 1 N–H and O–H groups in total. The van der Waals surface area contributed by atoms with E-state index in [1.165, 1.54) is 83.5 Å². The Hall–Kier alpha value is -1.09. The molecule has 0 aromatic carbocycles. The van der Waals surface area contributed by atoms with Gasteiger partial charge >= 0.3 is 0 Å². The van der Waals surface area contributed by atoms with E-state index in [0.29, 0.717) is 0 Å². The molecule has 150 valence electrons. The van der Waals surface area contributed by atoms with Gasteiger partial charge in [-0.1, -0.05) is 96.6 Å². The molecule has 0 aromatic heterocycles. The second kappa shape index (κ2) is 16.1. The Bertz CT molecular complexity index is 403. The summed E-state index contributed by atoms with van der Waals surface area (Å²) in [6.45, 7) is 7.48. The van der Waals surface area contributed by atoms with E-state index >= 15 is 0 Å². The third-order valence-electron chi connectivity index (χ3n) is 5.18. The summed E-state index contributed by atoms with van der Waals surface area (Å²) in [5, 5.41) is 9.85. The van der Waals surface area contributed by atoms with Crippen LogP contribution in [0.1, 0.15) is 96.8 Å². The zero-order valence-corrected chi connectivity index (χ0v) is 17.2. The predicted molar refractivity (Wildman–Crippen MR) is 115 cm³/mol. The molecular weight excluding hydrogens is 320 g/mol. The van der Waals surface area contributed by atoms with Crippen LogP contribution in [0.4, 0.5) is 0 Å². The van der Waals surface area contributed by atoms with Crippen LogP contribution in [0.5, 0.6) is 0 Å². The quantitative estimate of drug-likeness (QED) is 0.245. The fourth-order valence-electron chi connectivity index (χ4n) is 3.49. The maximum atomic E-state index is 9.85. The molecule has 0 spiro atoms. The van der Waals surface area contributed by atoms with Gasteiger partial charge < -0.3 is 10.0 Å². The van der Waals surface area contributed by atoms with Crippen molar-refractivity contribution < 1.29 is 5.11 Å². The van der Waals surface area contributed by atoms with Crippen LogP contribution < -0.4 is 0 Å². The summed E-state index contributed by atoms with van der Waals surface area (Å²) in [6.07, 6.45) is 24.4. The first-order chi connectivity index (χ1) is 12.8. The molecular formula is C23H42N2O. The summed E-state index contributed by atoms with van der Waals surface area (Å²) >= 11 is 0. The molecule has 1 heterocycles. The third kappa shape index (κ3) is 10.8. The highest BCUT2D eigenvalue weighted by Gasteiger charge is 2.18. The van der Waals surface area contributed by atoms with Crippen LogP contribution in [0, 0.1) is 0 Å². The van der Waals surface area contributed by atoms with Crippen molar-refractivity contribution in [2.75, 3.05) is 13.1 Å². The van der Waals surface area contributed by atoms with Gasteiger partial charge in [-0.2, -0.15) is 0 Å². The van der Waals surface area contributed by atoms with Crippen molar-refractivity contribution in [1.29, 1.82) is 0 Å². The second-order valence-corrected chi connectivity index (χ2v) is 7.52. The molecule has 1 unspecified atom stereocenters. The fraction of sp³-hybridized carbons (Fsp3) is 0.783. The Morgan fingerprint density at radius 3 is 2.04 bits per heavy atom. The number of amidine groups is 1.